The van der Waals surface area contributed by atoms with Crippen molar-refractivity contribution in [3.8, 4) is 0 Å². The van der Waals surface area contributed by atoms with E-state index in [1.54, 1.807) is 6.20 Å². The van der Waals surface area contributed by atoms with E-state index in [1.165, 1.54) is 0 Å². The summed E-state index contributed by atoms with van der Waals surface area (Å²) in [6.45, 7) is 13.3. The fourth-order valence-electron chi connectivity index (χ4n) is 3.11. The second-order valence-corrected chi connectivity index (χ2v) is 8.60. The highest BCUT2D eigenvalue weighted by Crippen LogP contribution is 2.42. The van der Waals surface area contributed by atoms with E-state index in [0.717, 1.165) is 24.2 Å². The first-order valence-corrected chi connectivity index (χ1v) is 9.44. The molecule has 7 heteroatoms. The van der Waals surface area contributed by atoms with Crippen LogP contribution in [0.25, 0.3) is 0 Å². The number of nitrogens with zero attached hydrogens (tertiary/aromatic N) is 2. The SMILES string of the molecule is CCOC(=O)C1CC(c2ncc(C(C)(C)NC(=O)OC(C)(C)C)nc2C)C1. The van der Waals surface area contributed by atoms with Crippen molar-refractivity contribution in [1.29, 1.82) is 0 Å². The van der Waals surface area contributed by atoms with E-state index in [4.69, 9.17) is 9.47 Å². The molecule has 0 bridgehead atoms. The smallest absolute Gasteiger partial charge is 0.408 e. The van der Waals surface area contributed by atoms with E-state index in [1.807, 2.05) is 48.5 Å². The van der Waals surface area contributed by atoms with Crippen LogP contribution in [-0.4, -0.2) is 34.2 Å². The van der Waals surface area contributed by atoms with Crippen molar-refractivity contribution in [3.63, 3.8) is 0 Å². The van der Waals surface area contributed by atoms with Crippen LogP contribution in [0.4, 0.5) is 4.79 Å². The third kappa shape index (κ3) is 5.40. The average Bonchev–Trinajstić information content (AvgIpc) is 2.44. The number of carbonyl (C=O) groups excluding carboxylic acids is 2. The van der Waals surface area contributed by atoms with Gasteiger partial charge in [-0.25, -0.2) is 4.79 Å². The van der Waals surface area contributed by atoms with Crippen molar-refractivity contribution in [3.05, 3.63) is 23.3 Å². The van der Waals surface area contributed by atoms with Crippen LogP contribution < -0.4 is 5.32 Å². The van der Waals surface area contributed by atoms with E-state index >= 15 is 0 Å². The molecule has 1 N–H and O–H groups in total. The lowest BCUT2D eigenvalue weighted by Gasteiger charge is -2.34. The molecule has 150 valence electrons. The summed E-state index contributed by atoms with van der Waals surface area (Å²) < 4.78 is 10.4. The Hall–Kier alpha value is -2.18. The van der Waals surface area contributed by atoms with Gasteiger partial charge >= 0.3 is 12.1 Å². The molecular formula is C20H31N3O4. The lowest BCUT2D eigenvalue weighted by atomic mass is 9.72. The lowest BCUT2D eigenvalue weighted by Crippen LogP contribution is -2.44. The number of hydrogen-bond donors (Lipinski definition) is 1. The van der Waals surface area contributed by atoms with Crippen LogP contribution in [0.5, 0.6) is 0 Å². The molecule has 1 aromatic rings. The quantitative estimate of drug-likeness (QED) is 0.789. The summed E-state index contributed by atoms with van der Waals surface area (Å²) in [4.78, 5) is 33.1. The molecule has 0 atom stereocenters. The second-order valence-electron chi connectivity index (χ2n) is 8.60. The van der Waals surface area contributed by atoms with E-state index in [0.29, 0.717) is 12.3 Å². The Morgan fingerprint density at radius 2 is 1.85 bits per heavy atom. The van der Waals surface area contributed by atoms with Crippen LogP contribution in [0.3, 0.4) is 0 Å². The zero-order chi connectivity index (χ0) is 20.4. The van der Waals surface area contributed by atoms with Gasteiger partial charge < -0.3 is 14.8 Å². The number of nitrogens with one attached hydrogen (secondary N) is 1. The fraction of sp³-hybridized carbons (Fsp3) is 0.700. The fourth-order valence-corrected chi connectivity index (χ4v) is 3.11. The highest BCUT2D eigenvalue weighted by molar-refractivity contribution is 5.73. The molecule has 0 aromatic carbocycles. The van der Waals surface area contributed by atoms with Crippen molar-refractivity contribution < 1.29 is 19.1 Å². The number of alkyl carbamates (subject to hydrolysis) is 1. The second kappa shape index (κ2) is 7.82. The zero-order valence-electron chi connectivity index (χ0n) is 17.4. The Kier molecular flexibility index (Phi) is 6.12. The molecule has 0 radical (unpaired) electrons. The monoisotopic (exact) mass is 377 g/mol. The van der Waals surface area contributed by atoms with E-state index in [-0.39, 0.29) is 17.8 Å². The van der Waals surface area contributed by atoms with Crippen LogP contribution in [0.2, 0.25) is 0 Å². The van der Waals surface area contributed by atoms with Crippen molar-refractivity contribution in [1.82, 2.24) is 15.3 Å². The van der Waals surface area contributed by atoms with Crippen molar-refractivity contribution in [2.24, 2.45) is 5.92 Å². The van der Waals surface area contributed by atoms with Gasteiger partial charge in [0.05, 0.1) is 41.3 Å². The zero-order valence-corrected chi connectivity index (χ0v) is 17.4. The predicted octanol–water partition coefficient (Wildman–Crippen LogP) is 3.60. The molecule has 1 fully saturated rings. The van der Waals surface area contributed by atoms with Gasteiger partial charge in [0.2, 0.25) is 0 Å². The number of rotatable bonds is 5. The minimum absolute atomic E-state index is 0.0406. The molecule has 2 rings (SSSR count). The summed E-state index contributed by atoms with van der Waals surface area (Å²) in [6.07, 6.45) is 2.69. The minimum Gasteiger partial charge on any atom is -0.466 e. The van der Waals surface area contributed by atoms with Crippen LogP contribution in [0.1, 0.15) is 77.4 Å². The Balaban J connectivity index is 2.04. The highest BCUT2D eigenvalue weighted by atomic mass is 16.6. The first-order chi connectivity index (χ1) is 12.4. The van der Waals surface area contributed by atoms with Crippen molar-refractivity contribution in [2.75, 3.05) is 6.61 Å². The van der Waals surface area contributed by atoms with Crippen LogP contribution in [0.15, 0.2) is 6.20 Å². The van der Waals surface area contributed by atoms with Gasteiger partial charge in [0.25, 0.3) is 0 Å². The average molecular weight is 377 g/mol. The van der Waals surface area contributed by atoms with Gasteiger partial charge in [0, 0.05) is 5.92 Å². The van der Waals surface area contributed by atoms with Gasteiger partial charge in [-0.2, -0.15) is 0 Å². The van der Waals surface area contributed by atoms with E-state index in [2.05, 4.69) is 15.3 Å². The highest BCUT2D eigenvalue weighted by Gasteiger charge is 2.38. The van der Waals surface area contributed by atoms with Crippen LogP contribution in [-0.2, 0) is 19.8 Å². The number of carbonyl (C=O) groups is 2. The Morgan fingerprint density at radius 1 is 1.22 bits per heavy atom. The van der Waals surface area contributed by atoms with Crippen molar-refractivity contribution in [2.45, 2.75) is 78.4 Å². The van der Waals surface area contributed by atoms with Gasteiger partial charge in [0.15, 0.2) is 0 Å². The van der Waals surface area contributed by atoms with Gasteiger partial charge in [-0.1, -0.05) is 0 Å². The van der Waals surface area contributed by atoms with E-state index < -0.39 is 17.2 Å². The number of aryl methyl sites for hydroxylation is 1. The largest absolute Gasteiger partial charge is 0.466 e. The molecule has 0 aliphatic heterocycles. The molecule has 0 unspecified atom stereocenters. The molecule has 1 heterocycles. The number of aromatic nitrogens is 2. The van der Waals surface area contributed by atoms with Gasteiger partial charge in [-0.15, -0.1) is 0 Å². The van der Waals surface area contributed by atoms with E-state index in [9.17, 15) is 9.59 Å². The first-order valence-electron chi connectivity index (χ1n) is 9.44. The van der Waals surface area contributed by atoms with Gasteiger partial charge in [-0.05, 0) is 61.3 Å². The summed E-state index contributed by atoms with van der Waals surface area (Å²) in [5, 5.41) is 2.84. The molecule has 1 amide bonds. The predicted molar refractivity (Wildman–Crippen MR) is 101 cm³/mol. The Labute approximate surface area is 161 Å². The molecule has 0 spiro atoms. The molecule has 1 aliphatic rings. The maximum atomic E-state index is 12.1. The Bertz CT molecular complexity index is 704. The molecule has 1 aromatic heterocycles. The first kappa shape index (κ1) is 21.1. The van der Waals surface area contributed by atoms with Gasteiger partial charge in [0.1, 0.15) is 5.60 Å². The summed E-state index contributed by atoms with van der Waals surface area (Å²) >= 11 is 0. The number of amides is 1. The van der Waals surface area contributed by atoms with Crippen molar-refractivity contribution >= 4 is 12.1 Å². The third-order valence-corrected chi connectivity index (χ3v) is 4.58. The van der Waals surface area contributed by atoms with Crippen LogP contribution in [0, 0.1) is 12.8 Å². The minimum atomic E-state index is -0.717. The molecule has 1 saturated carbocycles. The number of hydrogen-bond acceptors (Lipinski definition) is 6. The lowest BCUT2D eigenvalue weighted by molar-refractivity contribution is -0.151. The molecule has 27 heavy (non-hydrogen) atoms. The summed E-state index contributed by atoms with van der Waals surface area (Å²) in [7, 11) is 0. The van der Waals surface area contributed by atoms with Crippen LogP contribution >= 0.6 is 0 Å². The molecular weight excluding hydrogens is 346 g/mol. The number of ether oxygens (including phenoxy) is 2. The normalized spacial score (nSPS) is 19.8. The van der Waals surface area contributed by atoms with Gasteiger partial charge in [-0.3, -0.25) is 14.8 Å². The topological polar surface area (TPSA) is 90.4 Å². The maximum absolute atomic E-state index is 12.1. The maximum Gasteiger partial charge on any atom is 0.408 e. The number of esters is 1. The molecule has 1 aliphatic carbocycles. The summed E-state index contributed by atoms with van der Waals surface area (Å²) in [5.41, 5.74) is 1.11. The third-order valence-electron chi connectivity index (χ3n) is 4.58. The Morgan fingerprint density at radius 3 is 2.37 bits per heavy atom. The molecule has 7 nitrogen and oxygen atoms in total. The molecule has 0 saturated heterocycles. The summed E-state index contributed by atoms with van der Waals surface area (Å²) in [6, 6.07) is 0. The standard InChI is InChI=1S/C20H31N3O4/c1-8-26-17(24)14-9-13(10-14)16-12(2)22-15(11-21-16)20(6,7)23-18(25)27-19(3,4)5/h11,13-14H,8-10H2,1-7H3,(H,23,25). The summed E-state index contributed by atoms with van der Waals surface area (Å²) in [5.74, 6) is 0.0580.